The first-order valence-corrected chi connectivity index (χ1v) is 10.4. The first kappa shape index (κ1) is 18.9. The SMILES string of the molecule is Cc1ccc(S(=O)(=O)n2nc(-c3ccccc3)cc2Nc2ccc(F)cc2)cc1. The van der Waals surface area contributed by atoms with Gasteiger partial charge in [0.1, 0.15) is 11.6 Å². The molecule has 0 amide bonds. The summed E-state index contributed by atoms with van der Waals surface area (Å²) < 4.78 is 40.7. The smallest absolute Gasteiger partial charge is 0.284 e. The molecule has 7 heteroatoms. The maximum absolute atomic E-state index is 13.3. The van der Waals surface area contributed by atoms with Crippen LogP contribution in [0.4, 0.5) is 15.9 Å². The van der Waals surface area contributed by atoms with E-state index >= 15 is 0 Å². The topological polar surface area (TPSA) is 64.0 Å². The second-order valence-electron chi connectivity index (χ2n) is 6.57. The van der Waals surface area contributed by atoms with Gasteiger partial charge in [-0.1, -0.05) is 48.0 Å². The van der Waals surface area contributed by atoms with Crippen molar-refractivity contribution in [3.63, 3.8) is 0 Å². The van der Waals surface area contributed by atoms with Gasteiger partial charge in [0, 0.05) is 17.3 Å². The fourth-order valence-electron chi connectivity index (χ4n) is 2.87. The second-order valence-corrected chi connectivity index (χ2v) is 8.34. The van der Waals surface area contributed by atoms with Crippen molar-refractivity contribution in [3.05, 3.63) is 96.3 Å². The van der Waals surface area contributed by atoms with E-state index in [-0.39, 0.29) is 16.5 Å². The zero-order valence-electron chi connectivity index (χ0n) is 15.6. The van der Waals surface area contributed by atoms with Gasteiger partial charge >= 0.3 is 0 Å². The first-order valence-electron chi connectivity index (χ1n) is 8.94. The number of benzene rings is 3. The molecule has 0 unspecified atom stereocenters. The van der Waals surface area contributed by atoms with E-state index in [4.69, 9.17) is 0 Å². The van der Waals surface area contributed by atoms with E-state index in [1.54, 1.807) is 30.3 Å². The Morgan fingerprint density at radius 3 is 2.21 bits per heavy atom. The third-order valence-electron chi connectivity index (χ3n) is 4.41. The van der Waals surface area contributed by atoms with E-state index in [0.717, 1.165) is 15.2 Å². The molecule has 1 N–H and O–H groups in total. The molecular weight excluding hydrogens is 389 g/mol. The van der Waals surface area contributed by atoms with Gasteiger partial charge in [-0.2, -0.15) is 13.5 Å². The van der Waals surface area contributed by atoms with Crippen molar-refractivity contribution in [2.75, 3.05) is 5.32 Å². The van der Waals surface area contributed by atoms with Crippen molar-refractivity contribution < 1.29 is 12.8 Å². The fourth-order valence-corrected chi connectivity index (χ4v) is 4.11. The standard InChI is InChI=1S/C22H18FN3O2S/c1-16-7-13-20(14-8-16)29(27,28)26-22(24-19-11-9-18(23)10-12-19)15-21(25-26)17-5-3-2-4-6-17/h2-15,24H,1H3. The van der Waals surface area contributed by atoms with Crippen molar-refractivity contribution in [1.82, 2.24) is 9.19 Å². The van der Waals surface area contributed by atoms with E-state index in [1.807, 2.05) is 37.3 Å². The second kappa shape index (κ2) is 7.52. The Balaban J connectivity index is 1.83. The maximum Gasteiger partial charge on any atom is 0.284 e. The Labute approximate surface area is 168 Å². The van der Waals surface area contributed by atoms with Crippen LogP contribution in [0.1, 0.15) is 5.56 Å². The lowest BCUT2D eigenvalue weighted by Crippen LogP contribution is -2.16. The molecule has 0 bridgehead atoms. The van der Waals surface area contributed by atoms with Gasteiger partial charge in [-0.05, 0) is 43.3 Å². The summed E-state index contributed by atoms with van der Waals surface area (Å²) in [5.41, 5.74) is 2.80. The Morgan fingerprint density at radius 2 is 1.55 bits per heavy atom. The van der Waals surface area contributed by atoms with Crippen molar-refractivity contribution in [2.45, 2.75) is 11.8 Å². The molecule has 4 rings (SSSR count). The fraction of sp³-hybridized carbons (Fsp3) is 0.0455. The molecule has 0 aliphatic carbocycles. The normalized spacial score (nSPS) is 11.4. The number of rotatable bonds is 5. The van der Waals surface area contributed by atoms with Crippen LogP contribution in [0.15, 0.2) is 89.8 Å². The van der Waals surface area contributed by atoms with Crippen LogP contribution in [0.3, 0.4) is 0 Å². The predicted octanol–water partition coefficient (Wildman–Crippen LogP) is 4.98. The maximum atomic E-state index is 13.3. The highest BCUT2D eigenvalue weighted by atomic mass is 32.2. The van der Waals surface area contributed by atoms with Gasteiger partial charge in [0.15, 0.2) is 0 Å². The lowest BCUT2D eigenvalue weighted by Gasteiger charge is -2.11. The van der Waals surface area contributed by atoms with Crippen LogP contribution in [-0.4, -0.2) is 17.6 Å². The minimum Gasteiger partial charge on any atom is -0.339 e. The van der Waals surface area contributed by atoms with Crippen LogP contribution < -0.4 is 5.32 Å². The monoisotopic (exact) mass is 407 g/mol. The van der Waals surface area contributed by atoms with Gasteiger partial charge in [-0.15, -0.1) is 4.09 Å². The third kappa shape index (κ3) is 3.90. The molecule has 4 aromatic rings. The van der Waals surface area contributed by atoms with Crippen LogP contribution >= 0.6 is 0 Å². The average molecular weight is 407 g/mol. The summed E-state index contributed by atoms with van der Waals surface area (Å²) in [5, 5.41) is 7.39. The molecule has 1 aromatic heterocycles. The summed E-state index contributed by atoms with van der Waals surface area (Å²) in [6.07, 6.45) is 0. The lowest BCUT2D eigenvalue weighted by atomic mass is 10.1. The molecule has 0 radical (unpaired) electrons. The lowest BCUT2D eigenvalue weighted by molar-refractivity contribution is 0.581. The van der Waals surface area contributed by atoms with Gasteiger partial charge < -0.3 is 5.32 Å². The van der Waals surface area contributed by atoms with Crippen LogP contribution in [-0.2, 0) is 10.0 Å². The number of hydrogen-bond acceptors (Lipinski definition) is 4. The van der Waals surface area contributed by atoms with Gasteiger partial charge in [0.2, 0.25) is 0 Å². The molecule has 0 fully saturated rings. The van der Waals surface area contributed by atoms with Crippen LogP contribution in [0, 0.1) is 12.7 Å². The number of anilines is 2. The summed E-state index contributed by atoms with van der Waals surface area (Å²) in [6, 6.07) is 23.2. The van der Waals surface area contributed by atoms with E-state index in [1.165, 1.54) is 24.3 Å². The first-order chi connectivity index (χ1) is 13.9. The molecule has 0 saturated carbocycles. The highest BCUT2D eigenvalue weighted by Gasteiger charge is 2.23. The Morgan fingerprint density at radius 1 is 0.897 bits per heavy atom. The molecule has 29 heavy (non-hydrogen) atoms. The number of nitrogens with one attached hydrogen (secondary N) is 1. The largest absolute Gasteiger partial charge is 0.339 e. The molecule has 0 atom stereocenters. The Kier molecular flexibility index (Phi) is 4.90. The van der Waals surface area contributed by atoms with Gasteiger partial charge in [-0.3, -0.25) is 0 Å². The zero-order chi connectivity index (χ0) is 20.4. The number of aryl methyl sites for hydroxylation is 1. The number of nitrogens with zero attached hydrogens (tertiary/aromatic N) is 2. The summed E-state index contributed by atoms with van der Waals surface area (Å²) in [7, 11) is -3.93. The third-order valence-corrected chi connectivity index (χ3v) is 6.01. The summed E-state index contributed by atoms with van der Waals surface area (Å²) in [4.78, 5) is 0.132. The van der Waals surface area contributed by atoms with E-state index < -0.39 is 10.0 Å². The van der Waals surface area contributed by atoms with Crippen LogP contribution in [0.2, 0.25) is 0 Å². The minimum absolute atomic E-state index is 0.132. The molecule has 0 aliphatic rings. The van der Waals surface area contributed by atoms with Crippen LogP contribution in [0.25, 0.3) is 11.3 Å². The van der Waals surface area contributed by atoms with Gasteiger partial charge in [0.05, 0.1) is 10.6 Å². The summed E-state index contributed by atoms with van der Waals surface area (Å²) >= 11 is 0. The zero-order valence-corrected chi connectivity index (χ0v) is 16.4. The summed E-state index contributed by atoms with van der Waals surface area (Å²) in [6.45, 7) is 1.89. The number of hydrogen-bond donors (Lipinski definition) is 1. The van der Waals surface area contributed by atoms with E-state index in [9.17, 15) is 12.8 Å². The Hall–Kier alpha value is -3.45. The molecule has 146 valence electrons. The molecular formula is C22H18FN3O2S. The quantitative estimate of drug-likeness (QED) is 0.507. The Bertz CT molecular complexity index is 1230. The summed E-state index contributed by atoms with van der Waals surface area (Å²) in [5.74, 6) is -0.114. The highest BCUT2D eigenvalue weighted by Crippen LogP contribution is 2.28. The van der Waals surface area contributed by atoms with Crippen molar-refractivity contribution in [1.29, 1.82) is 0 Å². The highest BCUT2D eigenvalue weighted by molar-refractivity contribution is 7.90. The van der Waals surface area contributed by atoms with E-state index in [2.05, 4.69) is 10.4 Å². The predicted molar refractivity (Wildman–Crippen MR) is 111 cm³/mol. The van der Waals surface area contributed by atoms with Gasteiger partial charge in [-0.25, -0.2) is 4.39 Å². The molecule has 0 saturated heterocycles. The molecule has 3 aromatic carbocycles. The molecule has 0 aliphatic heterocycles. The van der Waals surface area contributed by atoms with E-state index in [0.29, 0.717) is 11.4 Å². The molecule has 0 spiro atoms. The van der Waals surface area contributed by atoms with Crippen molar-refractivity contribution in [3.8, 4) is 11.3 Å². The molecule has 5 nitrogen and oxygen atoms in total. The minimum atomic E-state index is -3.93. The number of halogens is 1. The molecule has 1 heterocycles. The van der Waals surface area contributed by atoms with Gasteiger partial charge in [0.25, 0.3) is 10.0 Å². The number of aromatic nitrogens is 2. The van der Waals surface area contributed by atoms with Crippen LogP contribution in [0.5, 0.6) is 0 Å². The van der Waals surface area contributed by atoms with Crippen molar-refractivity contribution in [2.24, 2.45) is 0 Å². The average Bonchev–Trinajstić information content (AvgIpc) is 3.15. The van der Waals surface area contributed by atoms with Crippen molar-refractivity contribution >= 4 is 21.5 Å².